The van der Waals surface area contributed by atoms with Gasteiger partial charge in [0.15, 0.2) is 4.96 Å². The summed E-state index contributed by atoms with van der Waals surface area (Å²) in [5.41, 5.74) is 5.64. The fourth-order valence-electron chi connectivity index (χ4n) is 4.02. The van der Waals surface area contributed by atoms with Crippen molar-refractivity contribution in [3.63, 3.8) is 0 Å². The van der Waals surface area contributed by atoms with Crippen molar-refractivity contribution < 1.29 is 4.79 Å². The second-order valence-electron chi connectivity index (χ2n) is 7.26. The van der Waals surface area contributed by atoms with Crippen molar-refractivity contribution in [1.29, 1.82) is 0 Å². The highest BCUT2D eigenvalue weighted by molar-refractivity contribution is 7.15. The molecule has 0 bridgehead atoms. The molecule has 2 heterocycles. The highest BCUT2D eigenvalue weighted by Gasteiger charge is 2.22. The maximum absolute atomic E-state index is 12.8. The van der Waals surface area contributed by atoms with Crippen molar-refractivity contribution in [2.75, 3.05) is 0 Å². The van der Waals surface area contributed by atoms with E-state index < -0.39 is 0 Å². The first kappa shape index (κ1) is 17.2. The summed E-state index contributed by atoms with van der Waals surface area (Å²) >= 11 is 1.58. The standard InChI is InChI=1S/C23H21N3OS/c27-22(24-20-12-6-10-16-7-4-5-11-19(16)20)13-18-15-28-23-25-21(14-26(18)23)17-8-2-1-3-9-17/h1-5,7-9,11,14-15,20H,6,10,12-13H2,(H,24,27)/t20-/m0/s1. The summed E-state index contributed by atoms with van der Waals surface area (Å²) in [6.45, 7) is 0. The number of carbonyl (C=O) groups excluding carboxylic acids is 1. The van der Waals surface area contributed by atoms with E-state index in [9.17, 15) is 4.79 Å². The Hall–Kier alpha value is -2.92. The highest BCUT2D eigenvalue weighted by atomic mass is 32.1. The Kier molecular flexibility index (Phi) is 4.45. The van der Waals surface area contributed by atoms with Crippen LogP contribution in [0.15, 0.2) is 66.2 Å². The zero-order valence-electron chi connectivity index (χ0n) is 15.5. The van der Waals surface area contributed by atoms with Crippen LogP contribution in [0, 0.1) is 0 Å². The van der Waals surface area contributed by atoms with Gasteiger partial charge in [-0.05, 0) is 30.4 Å². The lowest BCUT2D eigenvalue weighted by molar-refractivity contribution is -0.121. The highest BCUT2D eigenvalue weighted by Crippen LogP contribution is 2.29. The van der Waals surface area contributed by atoms with Crippen molar-refractivity contribution in [3.05, 3.63) is 83.0 Å². The number of hydrogen-bond donors (Lipinski definition) is 1. The van der Waals surface area contributed by atoms with Crippen molar-refractivity contribution >= 4 is 22.2 Å². The predicted octanol–water partition coefficient (Wildman–Crippen LogP) is 4.80. The molecule has 2 aromatic heterocycles. The predicted molar refractivity (Wildman–Crippen MR) is 112 cm³/mol. The maximum Gasteiger partial charge on any atom is 0.226 e. The van der Waals surface area contributed by atoms with Gasteiger partial charge in [-0.1, -0.05) is 54.6 Å². The van der Waals surface area contributed by atoms with Crippen LogP contribution in [0.25, 0.3) is 16.2 Å². The zero-order chi connectivity index (χ0) is 18.9. The summed E-state index contributed by atoms with van der Waals surface area (Å²) in [6.07, 6.45) is 5.62. The van der Waals surface area contributed by atoms with Gasteiger partial charge >= 0.3 is 0 Å². The Morgan fingerprint density at radius 2 is 1.96 bits per heavy atom. The fraction of sp³-hybridized carbons (Fsp3) is 0.217. The molecule has 1 amide bonds. The van der Waals surface area contributed by atoms with E-state index in [-0.39, 0.29) is 11.9 Å². The van der Waals surface area contributed by atoms with Crippen LogP contribution in [0.5, 0.6) is 0 Å². The molecule has 0 radical (unpaired) electrons. The van der Waals surface area contributed by atoms with E-state index in [0.29, 0.717) is 6.42 Å². The topological polar surface area (TPSA) is 46.4 Å². The summed E-state index contributed by atoms with van der Waals surface area (Å²) in [5.74, 6) is 0.0661. The Morgan fingerprint density at radius 1 is 1.14 bits per heavy atom. The van der Waals surface area contributed by atoms with Gasteiger partial charge in [0.25, 0.3) is 0 Å². The monoisotopic (exact) mass is 387 g/mol. The minimum absolute atomic E-state index is 0.0661. The molecule has 0 unspecified atom stereocenters. The Balaban J connectivity index is 1.34. The summed E-state index contributed by atoms with van der Waals surface area (Å²) in [7, 11) is 0. The number of hydrogen-bond acceptors (Lipinski definition) is 3. The van der Waals surface area contributed by atoms with Gasteiger partial charge in [0.1, 0.15) is 0 Å². The number of benzene rings is 2. The van der Waals surface area contributed by atoms with E-state index in [1.54, 1.807) is 11.3 Å². The molecule has 2 aromatic carbocycles. The van der Waals surface area contributed by atoms with Crippen LogP contribution in [-0.2, 0) is 17.6 Å². The summed E-state index contributed by atoms with van der Waals surface area (Å²) < 4.78 is 2.04. The van der Waals surface area contributed by atoms with Crippen LogP contribution in [0.1, 0.15) is 35.7 Å². The fourth-order valence-corrected chi connectivity index (χ4v) is 4.89. The minimum atomic E-state index is 0.0661. The second kappa shape index (κ2) is 7.24. The number of aryl methyl sites for hydroxylation is 1. The van der Waals surface area contributed by atoms with Gasteiger partial charge in [-0.15, -0.1) is 11.3 Å². The number of fused-ring (bicyclic) bond motifs is 2. The Morgan fingerprint density at radius 3 is 2.86 bits per heavy atom. The van der Waals surface area contributed by atoms with Gasteiger partial charge in [0.2, 0.25) is 5.91 Å². The van der Waals surface area contributed by atoms with E-state index in [4.69, 9.17) is 4.98 Å². The number of nitrogens with zero attached hydrogens (tertiary/aromatic N) is 2. The number of imidazole rings is 1. The molecule has 5 heteroatoms. The molecule has 0 spiro atoms. The molecule has 4 aromatic rings. The van der Waals surface area contributed by atoms with Crippen molar-refractivity contribution in [3.8, 4) is 11.3 Å². The summed E-state index contributed by atoms with van der Waals surface area (Å²) in [5, 5.41) is 5.28. The quantitative estimate of drug-likeness (QED) is 0.547. The smallest absolute Gasteiger partial charge is 0.226 e. The van der Waals surface area contributed by atoms with E-state index in [1.165, 1.54) is 11.1 Å². The molecule has 0 saturated carbocycles. The van der Waals surface area contributed by atoms with Gasteiger partial charge in [-0.25, -0.2) is 4.98 Å². The van der Waals surface area contributed by atoms with Crippen LogP contribution in [0.2, 0.25) is 0 Å². The zero-order valence-corrected chi connectivity index (χ0v) is 16.3. The van der Waals surface area contributed by atoms with Crippen molar-refractivity contribution in [2.24, 2.45) is 0 Å². The SMILES string of the molecule is O=C(Cc1csc2nc(-c3ccccc3)cn12)N[C@H]1CCCc2ccccc21. The molecular weight excluding hydrogens is 366 g/mol. The van der Waals surface area contributed by atoms with Crippen LogP contribution in [0.4, 0.5) is 0 Å². The van der Waals surface area contributed by atoms with Gasteiger partial charge < -0.3 is 5.32 Å². The van der Waals surface area contributed by atoms with Gasteiger partial charge in [-0.2, -0.15) is 0 Å². The third kappa shape index (κ3) is 3.22. The molecule has 0 fully saturated rings. The number of rotatable bonds is 4. The van der Waals surface area contributed by atoms with Crippen LogP contribution >= 0.6 is 11.3 Å². The molecule has 140 valence electrons. The van der Waals surface area contributed by atoms with Crippen molar-refractivity contribution in [1.82, 2.24) is 14.7 Å². The maximum atomic E-state index is 12.8. The molecule has 28 heavy (non-hydrogen) atoms. The average Bonchev–Trinajstić information content (AvgIpc) is 3.31. The summed E-state index contributed by atoms with van der Waals surface area (Å²) in [6, 6.07) is 18.7. The molecule has 1 N–H and O–H groups in total. The average molecular weight is 388 g/mol. The van der Waals surface area contributed by atoms with Gasteiger partial charge in [0.05, 0.1) is 18.2 Å². The molecule has 5 rings (SSSR count). The van der Waals surface area contributed by atoms with Crippen molar-refractivity contribution in [2.45, 2.75) is 31.7 Å². The lowest BCUT2D eigenvalue weighted by atomic mass is 9.87. The normalized spacial score (nSPS) is 16.1. The van der Waals surface area contributed by atoms with Gasteiger partial charge in [0, 0.05) is 22.8 Å². The first-order valence-corrected chi connectivity index (χ1v) is 10.5. The summed E-state index contributed by atoms with van der Waals surface area (Å²) in [4.78, 5) is 18.4. The molecule has 0 aliphatic heterocycles. The molecule has 1 atom stereocenters. The number of thiazole rings is 1. The number of nitrogens with one attached hydrogen (secondary N) is 1. The minimum Gasteiger partial charge on any atom is -0.349 e. The first-order chi connectivity index (χ1) is 13.8. The van der Waals surface area contributed by atoms with E-state index in [0.717, 1.165) is 41.2 Å². The third-order valence-electron chi connectivity index (χ3n) is 5.40. The lowest BCUT2D eigenvalue weighted by Crippen LogP contribution is -2.32. The van der Waals surface area contributed by atoms with E-state index in [1.807, 2.05) is 34.2 Å². The molecule has 1 aliphatic rings. The first-order valence-electron chi connectivity index (χ1n) is 9.66. The third-order valence-corrected chi connectivity index (χ3v) is 6.29. The Labute approximate surface area is 167 Å². The number of amides is 1. The van der Waals surface area contributed by atoms with Crippen LogP contribution in [-0.4, -0.2) is 15.3 Å². The molecule has 1 aliphatic carbocycles. The number of carbonyl (C=O) groups is 1. The van der Waals surface area contributed by atoms with Gasteiger partial charge in [-0.3, -0.25) is 9.20 Å². The second-order valence-corrected chi connectivity index (χ2v) is 8.10. The van der Waals surface area contributed by atoms with Crippen LogP contribution in [0.3, 0.4) is 0 Å². The Bertz CT molecular complexity index is 1130. The molecular formula is C23H21N3OS. The molecule has 0 saturated heterocycles. The van der Waals surface area contributed by atoms with E-state index >= 15 is 0 Å². The molecule has 4 nitrogen and oxygen atoms in total. The number of aromatic nitrogens is 2. The van der Waals surface area contributed by atoms with E-state index in [2.05, 4.69) is 41.7 Å². The van der Waals surface area contributed by atoms with Crippen LogP contribution < -0.4 is 5.32 Å². The lowest BCUT2D eigenvalue weighted by Gasteiger charge is -2.26. The largest absolute Gasteiger partial charge is 0.349 e.